The number of tetrazole rings is 1. The molecule has 12 heteroatoms. The molecule has 3 aromatic rings. The highest BCUT2D eigenvalue weighted by atomic mass is 32.2. The highest BCUT2D eigenvalue weighted by Gasteiger charge is 2.33. The predicted molar refractivity (Wildman–Crippen MR) is 98.0 cm³/mol. The van der Waals surface area contributed by atoms with Crippen molar-refractivity contribution in [2.45, 2.75) is 21.7 Å². The zero-order valence-corrected chi connectivity index (χ0v) is 16.4. The molecule has 7 nitrogen and oxygen atoms in total. The maximum absolute atomic E-state index is 13.1. The summed E-state index contributed by atoms with van der Waals surface area (Å²) in [5, 5.41) is 20.2. The minimum Gasteiger partial charge on any atom is -0.224 e. The quantitative estimate of drug-likeness (QED) is 0.563. The Morgan fingerprint density at radius 2 is 1.86 bits per heavy atom. The van der Waals surface area contributed by atoms with Crippen molar-refractivity contribution in [1.29, 1.82) is 5.26 Å². The molecule has 1 heterocycles. The van der Waals surface area contributed by atoms with Gasteiger partial charge in [-0.25, -0.2) is 8.42 Å². The summed E-state index contributed by atoms with van der Waals surface area (Å²) >= 11 is 1.08. The van der Waals surface area contributed by atoms with E-state index in [1.807, 2.05) is 0 Å². The molecule has 0 amide bonds. The molecule has 0 aliphatic heterocycles. The largest absolute Gasteiger partial charge is 0.417 e. The molecule has 3 rings (SSSR count). The molecule has 0 saturated heterocycles. The fraction of sp³-hybridized carbons (Fsp3) is 0.176. The molecule has 0 atom stereocenters. The number of hydrogen-bond donors (Lipinski definition) is 0. The molecular formula is C17H12F3N5O2S2. The van der Waals surface area contributed by atoms with Gasteiger partial charge in [-0.05, 0) is 52.9 Å². The number of aromatic nitrogens is 4. The topological polar surface area (TPSA) is 102 Å². The summed E-state index contributed by atoms with van der Waals surface area (Å²) in [4.78, 5) is 0.445. The normalized spacial score (nSPS) is 12.0. The van der Waals surface area contributed by atoms with Crippen LogP contribution >= 0.6 is 11.8 Å². The lowest BCUT2D eigenvalue weighted by atomic mass is 10.1. The van der Waals surface area contributed by atoms with E-state index in [0.29, 0.717) is 16.4 Å². The van der Waals surface area contributed by atoms with Crippen molar-refractivity contribution in [3.8, 4) is 11.8 Å². The van der Waals surface area contributed by atoms with Gasteiger partial charge in [0.2, 0.25) is 0 Å². The zero-order chi connectivity index (χ0) is 21.2. The molecule has 0 aliphatic rings. The molecule has 0 unspecified atom stereocenters. The predicted octanol–water partition coefficient (Wildman–Crippen LogP) is 3.25. The van der Waals surface area contributed by atoms with E-state index in [1.165, 1.54) is 41.1 Å². The number of rotatable bonds is 5. The minimum absolute atomic E-state index is 0.141. The Morgan fingerprint density at radius 1 is 1.17 bits per heavy atom. The van der Waals surface area contributed by atoms with Crippen LogP contribution in [0.15, 0.2) is 52.3 Å². The molecule has 0 fully saturated rings. The van der Waals surface area contributed by atoms with Gasteiger partial charge in [0, 0.05) is 11.2 Å². The second-order valence-electron chi connectivity index (χ2n) is 5.88. The van der Waals surface area contributed by atoms with Crippen LogP contribution in [0.1, 0.15) is 17.0 Å². The monoisotopic (exact) mass is 439 g/mol. The summed E-state index contributed by atoms with van der Waals surface area (Å²) < 4.78 is 63.7. The van der Waals surface area contributed by atoms with Gasteiger partial charge in [-0.15, -0.1) is 16.9 Å². The summed E-state index contributed by atoms with van der Waals surface area (Å²) in [6.07, 6.45) is -3.54. The number of hydrogen-bond acceptors (Lipinski definition) is 7. The van der Waals surface area contributed by atoms with Crippen LogP contribution < -0.4 is 0 Å². The zero-order valence-electron chi connectivity index (χ0n) is 14.8. The van der Waals surface area contributed by atoms with E-state index in [1.54, 1.807) is 0 Å². The summed E-state index contributed by atoms with van der Waals surface area (Å²) in [7, 11) is -3.35. The van der Waals surface area contributed by atoms with Crippen LogP contribution in [0.25, 0.3) is 5.69 Å². The molecule has 0 N–H and O–H groups in total. The third-order valence-electron chi connectivity index (χ3n) is 3.83. The average Bonchev–Trinajstić information content (AvgIpc) is 3.13. The summed E-state index contributed by atoms with van der Waals surface area (Å²) in [5.74, 6) is 0.518. The van der Waals surface area contributed by atoms with Gasteiger partial charge in [0.15, 0.2) is 15.7 Å². The number of thioether (sulfide) groups is 1. The first-order valence-electron chi connectivity index (χ1n) is 7.91. The smallest absolute Gasteiger partial charge is 0.224 e. The van der Waals surface area contributed by atoms with E-state index in [-0.39, 0.29) is 10.6 Å². The maximum Gasteiger partial charge on any atom is 0.417 e. The Hall–Kier alpha value is -2.91. The van der Waals surface area contributed by atoms with Crippen LogP contribution in [-0.2, 0) is 21.8 Å². The standard InChI is InChI=1S/C17H12F3N5O2S2/c1-29(26,27)14-6-3-12(4-7-14)25-16(22-23-24-25)10-28-13-5-2-11(9-21)15(8-13)17(18,19)20/h2-8H,10H2,1H3. The van der Waals surface area contributed by atoms with Crippen molar-refractivity contribution in [1.82, 2.24) is 20.2 Å². The van der Waals surface area contributed by atoms with Crippen molar-refractivity contribution in [2.24, 2.45) is 0 Å². The van der Waals surface area contributed by atoms with Gasteiger partial charge in [-0.1, -0.05) is 0 Å². The molecule has 0 spiro atoms. The van der Waals surface area contributed by atoms with Crippen LogP contribution in [0, 0.1) is 11.3 Å². The van der Waals surface area contributed by atoms with Crippen molar-refractivity contribution in [3.05, 3.63) is 59.4 Å². The van der Waals surface area contributed by atoms with Gasteiger partial charge in [0.25, 0.3) is 0 Å². The van der Waals surface area contributed by atoms with Crippen molar-refractivity contribution in [2.75, 3.05) is 6.26 Å². The van der Waals surface area contributed by atoms with Gasteiger partial charge in [0.05, 0.1) is 33.5 Å². The van der Waals surface area contributed by atoms with Crippen molar-refractivity contribution in [3.63, 3.8) is 0 Å². The Bertz CT molecular complexity index is 1180. The van der Waals surface area contributed by atoms with E-state index in [0.717, 1.165) is 30.2 Å². The Labute approximate surface area is 168 Å². The first-order chi connectivity index (χ1) is 13.6. The Morgan fingerprint density at radius 3 is 2.45 bits per heavy atom. The highest BCUT2D eigenvalue weighted by molar-refractivity contribution is 7.98. The fourth-order valence-electron chi connectivity index (χ4n) is 2.42. The van der Waals surface area contributed by atoms with Crippen LogP contribution in [0.5, 0.6) is 0 Å². The van der Waals surface area contributed by atoms with Crippen LogP contribution in [0.2, 0.25) is 0 Å². The number of alkyl halides is 3. The second kappa shape index (κ2) is 7.84. The highest BCUT2D eigenvalue weighted by Crippen LogP contribution is 2.35. The van der Waals surface area contributed by atoms with E-state index < -0.39 is 27.1 Å². The molecule has 0 radical (unpaired) electrons. The fourth-order valence-corrected chi connectivity index (χ4v) is 3.90. The van der Waals surface area contributed by atoms with Crippen LogP contribution in [-0.4, -0.2) is 34.9 Å². The third-order valence-corrected chi connectivity index (χ3v) is 5.95. The number of halogens is 3. The lowest BCUT2D eigenvalue weighted by molar-refractivity contribution is -0.137. The maximum atomic E-state index is 13.1. The molecule has 0 bridgehead atoms. The second-order valence-corrected chi connectivity index (χ2v) is 8.94. The Kier molecular flexibility index (Phi) is 5.63. The van der Waals surface area contributed by atoms with Gasteiger partial charge < -0.3 is 0 Å². The van der Waals surface area contributed by atoms with Gasteiger partial charge in [-0.2, -0.15) is 23.1 Å². The molecule has 1 aromatic heterocycles. The van der Waals surface area contributed by atoms with Gasteiger partial charge in [-0.3, -0.25) is 0 Å². The summed E-state index contributed by atoms with van der Waals surface area (Å²) in [5.41, 5.74) is -0.938. The molecule has 2 aromatic carbocycles. The van der Waals surface area contributed by atoms with Gasteiger partial charge >= 0.3 is 6.18 Å². The van der Waals surface area contributed by atoms with E-state index in [4.69, 9.17) is 5.26 Å². The molecule has 0 aliphatic carbocycles. The molecule has 29 heavy (non-hydrogen) atoms. The Balaban J connectivity index is 1.82. The molecular weight excluding hydrogens is 427 g/mol. The number of benzene rings is 2. The van der Waals surface area contributed by atoms with Gasteiger partial charge in [0.1, 0.15) is 0 Å². The minimum atomic E-state index is -4.63. The first kappa shape index (κ1) is 20.8. The van der Waals surface area contributed by atoms with Crippen LogP contribution in [0.4, 0.5) is 13.2 Å². The average molecular weight is 439 g/mol. The molecule has 0 saturated carbocycles. The van der Waals surface area contributed by atoms with Crippen molar-refractivity contribution < 1.29 is 21.6 Å². The van der Waals surface area contributed by atoms with E-state index >= 15 is 0 Å². The molecule has 150 valence electrons. The first-order valence-corrected chi connectivity index (χ1v) is 10.8. The van der Waals surface area contributed by atoms with E-state index in [9.17, 15) is 21.6 Å². The number of nitriles is 1. The lowest BCUT2D eigenvalue weighted by Crippen LogP contribution is -2.08. The summed E-state index contributed by atoms with van der Waals surface area (Å²) in [6.45, 7) is 0. The van der Waals surface area contributed by atoms with Crippen LogP contribution in [0.3, 0.4) is 0 Å². The summed E-state index contributed by atoms with van der Waals surface area (Å²) in [6, 6.07) is 10.9. The number of sulfone groups is 1. The lowest BCUT2D eigenvalue weighted by Gasteiger charge is -2.10. The number of nitrogens with zero attached hydrogens (tertiary/aromatic N) is 5. The van der Waals surface area contributed by atoms with E-state index in [2.05, 4.69) is 15.5 Å². The van der Waals surface area contributed by atoms with Crippen molar-refractivity contribution >= 4 is 21.6 Å². The third kappa shape index (κ3) is 4.75. The SMILES string of the molecule is CS(=O)(=O)c1ccc(-n2nnnc2CSc2ccc(C#N)c(C(F)(F)F)c2)cc1.